The lowest BCUT2D eigenvalue weighted by Gasteiger charge is -2.16. The Balaban J connectivity index is 2.05. The zero-order valence-electron chi connectivity index (χ0n) is 16.9. The molecule has 0 N–H and O–H groups in total. The van der Waals surface area contributed by atoms with E-state index in [2.05, 4.69) is 11.6 Å². The highest BCUT2D eigenvalue weighted by Gasteiger charge is 2.21. The predicted octanol–water partition coefficient (Wildman–Crippen LogP) is 3.15. The van der Waals surface area contributed by atoms with E-state index in [0.29, 0.717) is 22.6 Å². The normalized spacial score (nSPS) is 12.1. The van der Waals surface area contributed by atoms with Gasteiger partial charge in [-0.15, -0.1) is 6.58 Å². The number of nitrogens with zero attached hydrogens (tertiary/aromatic N) is 4. The molecule has 0 bridgehead atoms. The molecule has 0 aliphatic heterocycles. The monoisotopic (exact) mass is 402 g/mol. The molecule has 30 heavy (non-hydrogen) atoms. The Bertz CT molecular complexity index is 1330. The summed E-state index contributed by atoms with van der Waals surface area (Å²) < 4.78 is 9.73. The molecule has 4 rings (SSSR count). The lowest BCUT2D eigenvalue weighted by molar-refractivity contribution is 0.414. The molecule has 4 aromatic rings. The van der Waals surface area contributed by atoms with Crippen LogP contribution in [0.25, 0.3) is 16.9 Å². The van der Waals surface area contributed by atoms with Crippen molar-refractivity contribution < 1.29 is 4.74 Å². The molecule has 0 aliphatic rings. The Morgan fingerprint density at radius 2 is 1.90 bits per heavy atom. The molecule has 1 atom stereocenters. The fraction of sp³-hybridized carbons (Fsp3) is 0.174. The van der Waals surface area contributed by atoms with Crippen LogP contribution in [0.4, 0.5) is 0 Å². The Morgan fingerprint density at radius 3 is 2.60 bits per heavy atom. The highest BCUT2D eigenvalue weighted by atomic mass is 16.5. The fourth-order valence-corrected chi connectivity index (χ4v) is 3.61. The van der Waals surface area contributed by atoms with Gasteiger partial charge in [-0.05, 0) is 24.6 Å². The first-order chi connectivity index (χ1) is 14.6. The first-order valence-corrected chi connectivity index (χ1v) is 9.59. The van der Waals surface area contributed by atoms with Crippen molar-refractivity contribution in [2.24, 2.45) is 0 Å². The highest BCUT2D eigenvalue weighted by Crippen LogP contribution is 2.23. The maximum Gasteiger partial charge on any atom is 0.337 e. The number of ether oxygens (including phenoxy) is 1. The molecule has 0 saturated carbocycles. The van der Waals surface area contributed by atoms with Crippen LogP contribution in [-0.2, 0) is 6.54 Å². The summed E-state index contributed by atoms with van der Waals surface area (Å²) in [5.74, 6) is 0.603. The van der Waals surface area contributed by atoms with E-state index in [1.807, 2.05) is 41.8 Å². The second kappa shape index (κ2) is 7.87. The zero-order chi connectivity index (χ0) is 21.3. The van der Waals surface area contributed by atoms with Crippen molar-refractivity contribution in [3.8, 4) is 11.4 Å². The molecule has 7 heteroatoms. The summed E-state index contributed by atoms with van der Waals surface area (Å²) in [6, 6.07) is 16.8. The molecule has 0 spiro atoms. The molecule has 0 aliphatic carbocycles. The average Bonchev–Trinajstić information content (AvgIpc) is 3.22. The fourth-order valence-electron chi connectivity index (χ4n) is 3.61. The van der Waals surface area contributed by atoms with Gasteiger partial charge in [-0.25, -0.2) is 14.3 Å². The minimum absolute atomic E-state index is 0.0997. The van der Waals surface area contributed by atoms with Crippen molar-refractivity contribution in [1.82, 2.24) is 18.7 Å². The molecule has 0 saturated heterocycles. The van der Waals surface area contributed by atoms with Crippen LogP contribution < -0.4 is 16.0 Å². The zero-order valence-corrected chi connectivity index (χ0v) is 16.9. The van der Waals surface area contributed by atoms with Gasteiger partial charge >= 0.3 is 5.69 Å². The Morgan fingerprint density at radius 1 is 1.13 bits per heavy atom. The second-order valence-electron chi connectivity index (χ2n) is 6.93. The number of benzene rings is 2. The number of hydrogen-bond acceptors (Lipinski definition) is 4. The summed E-state index contributed by atoms with van der Waals surface area (Å²) in [5.41, 5.74) is 1.40. The van der Waals surface area contributed by atoms with Gasteiger partial charge in [0.2, 0.25) is 0 Å². The predicted molar refractivity (Wildman–Crippen MR) is 117 cm³/mol. The standard InChI is InChI=1S/C23H22N4O3/c1-4-13-25-22(28)20-21(24-15-26(20)16(2)17-9-6-5-7-10-17)27(23(25)29)18-11-8-12-19(14-18)30-3/h4-12,14-16H,1,13H2,2-3H3/t16-/m1/s1. The molecule has 152 valence electrons. The first-order valence-electron chi connectivity index (χ1n) is 9.59. The molecule has 0 amide bonds. The lowest BCUT2D eigenvalue weighted by atomic mass is 10.1. The number of rotatable bonds is 6. The second-order valence-corrected chi connectivity index (χ2v) is 6.93. The minimum atomic E-state index is -0.474. The number of hydrogen-bond donors (Lipinski definition) is 0. The van der Waals surface area contributed by atoms with E-state index < -0.39 is 11.2 Å². The van der Waals surface area contributed by atoms with Gasteiger partial charge < -0.3 is 9.30 Å². The largest absolute Gasteiger partial charge is 0.497 e. The van der Waals surface area contributed by atoms with Crippen LogP contribution in [0.1, 0.15) is 18.5 Å². The van der Waals surface area contributed by atoms with Gasteiger partial charge in [0.25, 0.3) is 5.56 Å². The van der Waals surface area contributed by atoms with E-state index in [4.69, 9.17) is 4.74 Å². The van der Waals surface area contributed by atoms with Crippen molar-refractivity contribution in [3.63, 3.8) is 0 Å². The van der Waals surface area contributed by atoms with E-state index in [-0.39, 0.29) is 12.6 Å². The van der Waals surface area contributed by atoms with Crippen LogP contribution in [-0.4, -0.2) is 25.8 Å². The third-order valence-electron chi connectivity index (χ3n) is 5.18. The van der Waals surface area contributed by atoms with E-state index in [9.17, 15) is 9.59 Å². The quantitative estimate of drug-likeness (QED) is 0.465. The highest BCUT2D eigenvalue weighted by molar-refractivity contribution is 5.73. The third kappa shape index (κ3) is 3.14. The Labute approximate surface area is 173 Å². The van der Waals surface area contributed by atoms with Crippen molar-refractivity contribution in [3.05, 3.63) is 100.0 Å². The SMILES string of the molecule is C=CCn1c(=O)c2c(ncn2[C@H](C)c2ccccc2)n(-c2cccc(OC)c2)c1=O. The lowest BCUT2D eigenvalue weighted by Crippen LogP contribution is -2.40. The summed E-state index contributed by atoms with van der Waals surface area (Å²) in [7, 11) is 1.56. The van der Waals surface area contributed by atoms with Crippen molar-refractivity contribution >= 4 is 11.2 Å². The van der Waals surface area contributed by atoms with Gasteiger partial charge in [0, 0.05) is 12.6 Å². The first kappa shape index (κ1) is 19.4. The number of methoxy groups -OCH3 is 1. The van der Waals surface area contributed by atoms with Gasteiger partial charge in [0.1, 0.15) is 5.75 Å². The van der Waals surface area contributed by atoms with Crippen LogP contribution in [0.15, 0.2) is 83.2 Å². The molecule has 0 radical (unpaired) electrons. The molecule has 0 unspecified atom stereocenters. The van der Waals surface area contributed by atoms with Crippen LogP contribution in [0.3, 0.4) is 0 Å². The maximum atomic E-state index is 13.3. The summed E-state index contributed by atoms with van der Waals surface area (Å²) in [6.07, 6.45) is 3.14. The van der Waals surface area contributed by atoms with Gasteiger partial charge in [0.15, 0.2) is 11.2 Å². The molecule has 0 fully saturated rings. The van der Waals surface area contributed by atoms with Crippen LogP contribution in [0.5, 0.6) is 5.75 Å². The number of allylic oxidation sites excluding steroid dienone is 1. The molecule has 2 aromatic heterocycles. The van der Waals surface area contributed by atoms with Crippen molar-refractivity contribution in [1.29, 1.82) is 0 Å². The summed E-state index contributed by atoms with van der Waals surface area (Å²) in [4.78, 5) is 31.0. The van der Waals surface area contributed by atoms with Crippen molar-refractivity contribution in [2.45, 2.75) is 19.5 Å². The van der Waals surface area contributed by atoms with Gasteiger partial charge in [-0.3, -0.25) is 9.36 Å². The summed E-state index contributed by atoms with van der Waals surface area (Å²) in [6.45, 7) is 5.78. The van der Waals surface area contributed by atoms with E-state index in [1.165, 1.54) is 15.2 Å². The van der Waals surface area contributed by atoms with Gasteiger partial charge in [0.05, 0.1) is 25.2 Å². The smallest absolute Gasteiger partial charge is 0.337 e. The van der Waals surface area contributed by atoms with Crippen LogP contribution >= 0.6 is 0 Å². The van der Waals surface area contributed by atoms with E-state index >= 15 is 0 Å². The molecule has 2 heterocycles. The number of aromatic nitrogens is 4. The topological polar surface area (TPSA) is 71.1 Å². The molecule has 2 aromatic carbocycles. The van der Waals surface area contributed by atoms with E-state index in [0.717, 1.165) is 5.56 Å². The third-order valence-corrected chi connectivity index (χ3v) is 5.18. The van der Waals surface area contributed by atoms with Crippen LogP contribution in [0, 0.1) is 0 Å². The van der Waals surface area contributed by atoms with Crippen molar-refractivity contribution in [2.75, 3.05) is 7.11 Å². The van der Waals surface area contributed by atoms with E-state index in [1.54, 1.807) is 37.7 Å². The maximum absolute atomic E-state index is 13.3. The Hall–Kier alpha value is -3.87. The molecular formula is C23H22N4O3. The average molecular weight is 402 g/mol. The van der Waals surface area contributed by atoms with Gasteiger partial charge in [-0.1, -0.05) is 42.5 Å². The summed E-state index contributed by atoms with van der Waals surface area (Å²) in [5, 5.41) is 0. The molecular weight excluding hydrogens is 380 g/mol. The van der Waals surface area contributed by atoms with Gasteiger partial charge in [-0.2, -0.15) is 0 Å². The summed E-state index contributed by atoms with van der Waals surface area (Å²) >= 11 is 0. The number of fused-ring (bicyclic) bond motifs is 1. The minimum Gasteiger partial charge on any atom is -0.497 e. The molecule has 7 nitrogen and oxygen atoms in total. The number of imidazole rings is 1. The Kier molecular flexibility index (Phi) is 5.10. The van der Waals surface area contributed by atoms with Crippen LogP contribution in [0.2, 0.25) is 0 Å².